The molecule has 1 aromatic carbocycles. The first-order valence-corrected chi connectivity index (χ1v) is 8.52. The lowest BCUT2D eigenvalue weighted by atomic mass is 10.2. The average Bonchev–Trinajstić information content (AvgIpc) is 2.91. The van der Waals surface area contributed by atoms with Crippen molar-refractivity contribution in [3.8, 4) is 0 Å². The van der Waals surface area contributed by atoms with Gasteiger partial charge in [0, 0.05) is 18.4 Å². The second-order valence-corrected chi connectivity index (χ2v) is 6.41. The molecule has 0 radical (unpaired) electrons. The summed E-state index contributed by atoms with van der Waals surface area (Å²) in [7, 11) is 1.48. The maximum atomic E-state index is 12.0. The van der Waals surface area contributed by atoms with Gasteiger partial charge in [0.15, 0.2) is 6.61 Å². The van der Waals surface area contributed by atoms with Crippen molar-refractivity contribution in [2.24, 2.45) is 0 Å². The molecule has 0 aliphatic heterocycles. The van der Waals surface area contributed by atoms with Crippen molar-refractivity contribution in [1.82, 2.24) is 14.7 Å². The molecule has 0 unspecified atom stereocenters. The molecule has 0 saturated carbocycles. The standard InChI is InChI=1S/C19H24N4O4/c1-13-5-7-16(8-6-13)20-17(24)10-22(4)18(25)12-27-19(26)11-23-15(3)9-14(2)21-23/h5-9H,10-12H2,1-4H3,(H,20,24). The van der Waals surface area contributed by atoms with Crippen LogP contribution in [0.15, 0.2) is 30.3 Å². The van der Waals surface area contributed by atoms with Gasteiger partial charge in [-0.05, 0) is 39.0 Å². The summed E-state index contributed by atoms with van der Waals surface area (Å²) in [6, 6.07) is 9.18. The molecule has 8 heteroatoms. The number of amides is 2. The van der Waals surface area contributed by atoms with Gasteiger partial charge in [-0.15, -0.1) is 0 Å². The highest BCUT2D eigenvalue weighted by atomic mass is 16.5. The zero-order valence-corrected chi connectivity index (χ0v) is 16.0. The molecule has 27 heavy (non-hydrogen) atoms. The van der Waals surface area contributed by atoms with E-state index in [0.29, 0.717) is 5.69 Å². The van der Waals surface area contributed by atoms with Gasteiger partial charge in [0.2, 0.25) is 5.91 Å². The Kier molecular flexibility index (Phi) is 6.70. The minimum Gasteiger partial charge on any atom is -0.454 e. The normalized spacial score (nSPS) is 10.4. The minimum absolute atomic E-state index is 0.0649. The van der Waals surface area contributed by atoms with Crippen LogP contribution in [0.5, 0.6) is 0 Å². The van der Waals surface area contributed by atoms with E-state index in [0.717, 1.165) is 17.0 Å². The van der Waals surface area contributed by atoms with Crippen molar-refractivity contribution in [3.63, 3.8) is 0 Å². The molecule has 0 bridgehead atoms. The monoisotopic (exact) mass is 372 g/mol. The maximum absolute atomic E-state index is 12.0. The van der Waals surface area contributed by atoms with Crippen LogP contribution >= 0.6 is 0 Å². The molecular weight excluding hydrogens is 348 g/mol. The lowest BCUT2D eigenvalue weighted by Gasteiger charge is -2.17. The molecule has 0 aliphatic carbocycles. The number of hydrogen-bond acceptors (Lipinski definition) is 5. The smallest absolute Gasteiger partial charge is 0.328 e. The van der Waals surface area contributed by atoms with E-state index >= 15 is 0 Å². The molecule has 0 aliphatic rings. The summed E-state index contributed by atoms with van der Waals surface area (Å²) in [5.41, 5.74) is 3.38. The summed E-state index contributed by atoms with van der Waals surface area (Å²) in [6.45, 7) is 4.99. The third kappa shape index (κ3) is 6.25. The van der Waals surface area contributed by atoms with Crippen LogP contribution in [0, 0.1) is 20.8 Å². The average molecular weight is 372 g/mol. The van der Waals surface area contributed by atoms with Gasteiger partial charge in [-0.25, -0.2) is 0 Å². The highest BCUT2D eigenvalue weighted by Gasteiger charge is 2.16. The van der Waals surface area contributed by atoms with Crippen LogP contribution in [0.1, 0.15) is 17.0 Å². The van der Waals surface area contributed by atoms with Crippen LogP contribution in [-0.2, 0) is 25.7 Å². The third-order valence-electron chi connectivity index (χ3n) is 3.88. The number of anilines is 1. The third-order valence-corrected chi connectivity index (χ3v) is 3.88. The molecule has 2 rings (SSSR count). The Morgan fingerprint density at radius 2 is 1.81 bits per heavy atom. The molecule has 0 spiro atoms. The topological polar surface area (TPSA) is 93.5 Å². The lowest BCUT2D eigenvalue weighted by Crippen LogP contribution is -2.37. The Labute approximate surface area is 158 Å². The van der Waals surface area contributed by atoms with Gasteiger partial charge in [0.25, 0.3) is 5.91 Å². The van der Waals surface area contributed by atoms with Gasteiger partial charge in [-0.3, -0.25) is 19.1 Å². The van der Waals surface area contributed by atoms with E-state index in [1.807, 2.05) is 39.0 Å². The Bertz CT molecular complexity index is 827. The van der Waals surface area contributed by atoms with Gasteiger partial charge in [-0.1, -0.05) is 17.7 Å². The number of aryl methyl sites for hydroxylation is 3. The van der Waals surface area contributed by atoms with Gasteiger partial charge in [0.05, 0.1) is 12.2 Å². The molecule has 0 fully saturated rings. The van der Waals surface area contributed by atoms with Crippen LogP contribution < -0.4 is 5.32 Å². The molecule has 1 aromatic heterocycles. The maximum Gasteiger partial charge on any atom is 0.328 e. The second-order valence-electron chi connectivity index (χ2n) is 6.41. The number of nitrogens with one attached hydrogen (secondary N) is 1. The van der Waals surface area contributed by atoms with Crippen LogP contribution in [0.3, 0.4) is 0 Å². The van der Waals surface area contributed by atoms with E-state index in [2.05, 4.69) is 10.4 Å². The molecule has 144 valence electrons. The zero-order chi connectivity index (χ0) is 20.0. The highest BCUT2D eigenvalue weighted by molar-refractivity contribution is 5.94. The second kappa shape index (κ2) is 8.98. The van der Waals surface area contributed by atoms with E-state index in [1.165, 1.54) is 16.6 Å². The first-order valence-electron chi connectivity index (χ1n) is 8.52. The number of esters is 1. The van der Waals surface area contributed by atoms with Crippen molar-refractivity contribution in [2.45, 2.75) is 27.3 Å². The summed E-state index contributed by atoms with van der Waals surface area (Å²) in [5, 5.41) is 6.87. The van der Waals surface area contributed by atoms with Crippen molar-refractivity contribution in [2.75, 3.05) is 25.5 Å². The molecule has 2 amide bonds. The van der Waals surface area contributed by atoms with Crippen molar-refractivity contribution in [3.05, 3.63) is 47.3 Å². The largest absolute Gasteiger partial charge is 0.454 e. The number of hydrogen-bond donors (Lipinski definition) is 1. The number of rotatable bonds is 7. The molecular formula is C19H24N4O4. The van der Waals surface area contributed by atoms with Gasteiger partial charge in [0.1, 0.15) is 6.54 Å². The quantitative estimate of drug-likeness (QED) is 0.743. The van der Waals surface area contributed by atoms with E-state index in [-0.39, 0.29) is 19.0 Å². The van der Waals surface area contributed by atoms with Crippen LogP contribution in [0.4, 0.5) is 5.69 Å². The predicted octanol–water partition coefficient (Wildman–Crippen LogP) is 1.45. The van der Waals surface area contributed by atoms with E-state index < -0.39 is 18.5 Å². The highest BCUT2D eigenvalue weighted by Crippen LogP contribution is 2.08. The zero-order valence-electron chi connectivity index (χ0n) is 16.0. The SMILES string of the molecule is Cc1ccc(NC(=O)CN(C)C(=O)COC(=O)Cn2nc(C)cc2C)cc1. The number of carbonyl (C=O) groups is 3. The van der Waals surface area contributed by atoms with Gasteiger partial charge in [-0.2, -0.15) is 5.10 Å². The van der Waals surface area contributed by atoms with Gasteiger partial charge >= 0.3 is 5.97 Å². The minimum atomic E-state index is -0.563. The predicted molar refractivity (Wildman–Crippen MR) is 100 cm³/mol. The summed E-state index contributed by atoms with van der Waals surface area (Å²) in [6.07, 6.45) is 0. The van der Waals surface area contributed by atoms with Gasteiger partial charge < -0.3 is 15.0 Å². The molecule has 0 saturated heterocycles. The number of carbonyl (C=O) groups excluding carboxylic acids is 3. The molecule has 1 N–H and O–H groups in total. The number of nitrogens with zero attached hydrogens (tertiary/aromatic N) is 3. The van der Waals surface area contributed by atoms with Crippen LogP contribution in [-0.4, -0.2) is 52.7 Å². The lowest BCUT2D eigenvalue weighted by molar-refractivity contribution is -0.152. The van der Waals surface area contributed by atoms with Crippen molar-refractivity contribution < 1.29 is 19.1 Å². The van der Waals surface area contributed by atoms with Crippen LogP contribution in [0.25, 0.3) is 0 Å². The van der Waals surface area contributed by atoms with Crippen molar-refractivity contribution in [1.29, 1.82) is 0 Å². The fraction of sp³-hybridized carbons (Fsp3) is 0.368. The Morgan fingerprint density at radius 3 is 2.41 bits per heavy atom. The molecule has 1 heterocycles. The van der Waals surface area contributed by atoms with Crippen molar-refractivity contribution >= 4 is 23.5 Å². The fourth-order valence-electron chi connectivity index (χ4n) is 2.40. The van der Waals surface area contributed by atoms with E-state index in [4.69, 9.17) is 4.74 Å². The summed E-state index contributed by atoms with van der Waals surface area (Å²) in [4.78, 5) is 37.1. The molecule has 0 atom stereocenters. The Morgan fingerprint density at radius 1 is 1.15 bits per heavy atom. The van der Waals surface area contributed by atoms with E-state index in [1.54, 1.807) is 12.1 Å². The number of aromatic nitrogens is 2. The Hall–Kier alpha value is -3.16. The molecule has 2 aromatic rings. The first kappa shape index (κ1) is 20.2. The van der Waals surface area contributed by atoms with Crippen LogP contribution in [0.2, 0.25) is 0 Å². The summed E-state index contributed by atoms with van der Waals surface area (Å²) < 4.78 is 6.50. The number of benzene rings is 1. The first-order chi connectivity index (χ1) is 12.7. The molecule has 8 nitrogen and oxygen atoms in total. The number of likely N-dealkylation sites (N-methyl/N-ethyl adjacent to an activating group) is 1. The fourth-order valence-corrected chi connectivity index (χ4v) is 2.40. The summed E-state index contributed by atoms with van der Waals surface area (Å²) >= 11 is 0. The number of ether oxygens (including phenoxy) is 1. The summed E-state index contributed by atoms with van der Waals surface area (Å²) in [5.74, 6) is -1.36. The Balaban J connectivity index is 1.75. The van der Waals surface area contributed by atoms with E-state index in [9.17, 15) is 14.4 Å².